The Morgan fingerprint density at radius 3 is 2.46 bits per heavy atom. The number of rotatable bonds is 9. The maximum Gasteiger partial charge on any atom is 0.320 e. The van der Waals surface area contributed by atoms with Crippen molar-refractivity contribution in [2.75, 3.05) is 25.5 Å². The molecule has 0 bridgehead atoms. The van der Waals surface area contributed by atoms with Crippen LogP contribution in [0.2, 0.25) is 0 Å². The summed E-state index contributed by atoms with van der Waals surface area (Å²) in [6.45, 7) is 0.235. The molecule has 0 unspecified atom stereocenters. The summed E-state index contributed by atoms with van der Waals surface area (Å²) in [5.41, 5.74) is 6.38. The van der Waals surface area contributed by atoms with Crippen LogP contribution < -0.4 is 15.4 Å². The molecule has 2 aromatic rings. The maximum absolute atomic E-state index is 12.7. The second kappa shape index (κ2) is 8.48. The lowest BCUT2D eigenvalue weighted by molar-refractivity contribution is -0.138. The molecule has 0 saturated heterocycles. The molecule has 7 nitrogen and oxygen atoms in total. The zero-order valence-corrected chi connectivity index (χ0v) is 15.8. The molecule has 2 rings (SSSR count). The Balaban J connectivity index is 2.12. The number of hydrogen-bond donors (Lipinski definition) is 3. The summed E-state index contributed by atoms with van der Waals surface area (Å²) >= 11 is 0. The molecule has 0 heterocycles. The van der Waals surface area contributed by atoms with Crippen LogP contribution in [-0.4, -0.2) is 46.2 Å². The number of nitrogens with one attached hydrogen (secondary N) is 1. The number of carbonyl (C=O) groups is 1. The third kappa shape index (κ3) is 4.72. The number of nitrogens with zero attached hydrogens (tertiary/aromatic N) is 1. The minimum absolute atomic E-state index is 0.235. The van der Waals surface area contributed by atoms with Crippen LogP contribution in [-0.2, 0) is 14.8 Å². The van der Waals surface area contributed by atoms with Crippen molar-refractivity contribution < 1.29 is 18.3 Å². The van der Waals surface area contributed by atoms with Gasteiger partial charge >= 0.3 is 5.97 Å². The smallest absolute Gasteiger partial charge is 0.320 e. The van der Waals surface area contributed by atoms with Crippen molar-refractivity contribution >= 4 is 32.5 Å². The van der Waals surface area contributed by atoms with Gasteiger partial charge in [-0.2, -0.15) is 0 Å². The van der Waals surface area contributed by atoms with Crippen molar-refractivity contribution in [2.45, 2.75) is 30.2 Å². The Morgan fingerprint density at radius 2 is 1.81 bits per heavy atom. The zero-order chi connectivity index (χ0) is 19.3. The van der Waals surface area contributed by atoms with E-state index in [0.29, 0.717) is 24.6 Å². The van der Waals surface area contributed by atoms with E-state index in [4.69, 9.17) is 10.8 Å². The van der Waals surface area contributed by atoms with E-state index in [9.17, 15) is 13.2 Å². The minimum Gasteiger partial charge on any atom is -0.480 e. The molecular formula is C18H25N3O4S. The molecule has 2 aromatic carbocycles. The Labute approximate surface area is 153 Å². The van der Waals surface area contributed by atoms with E-state index >= 15 is 0 Å². The molecule has 4 N–H and O–H groups in total. The third-order valence-electron chi connectivity index (χ3n) is 4.18. The fraction of sp³-hybridized carbons (Fsp3) is 0.389. The number of anilines is 1. The standard InChI is InChI=1S/C18H25N3O4S/c1-21(2)16-10-5-8-14-13(16)7-6-11-17(14)26(24,25)20-12-4-3-9-15(19)18(22)23/h5-8,10-11,15,20H,3-4,9,12,19H2,1-2H3,(H,22,23)/t15-/m1/s1. The van der Waals surface area contributed by atoms with Crippen LogP contribution in [0.4, 0.5) is 5.69 Å². The molecular weight excluding hydrogens is 354 g/mol. The highest BCUT2D eigenvalue weighted by molar-refractivity contribution is 7.89. The van der Waals surface area contributed by atoms with Crippen molar-refractivity contribution in [3.63, 3.8) is 0 Å². The number of unbranched alkanes of at least 4 members (excludes halogenated alkanes) is 1. The number of carboxylic acid groups (broad SMARTS) is 1. The van der Waals surface area contributed by atoms with Gasteiger partial charge in [-0.05, 0) is 25.0 Å². The zero-order valence-electron chi connectivity index (χ0n) is 15.0. The molecule has 0 aliphatic heterocycles. The second-order valence-electron chi connectivity index (χ2n) is 6.36. The first kappa shape index (κ1) is 20.2. The molecule has 0 amide bonds. The van der Waals surface area contributed by atoms with Crippen LogP contribution in [0.3, 0.4) is 0 Å². The number of aliphatic carboxylic acids is 1. The van der Waals surface area contributed by atoms with Crippen LogP contribution in [0.5, 0.6) is 0 Å². The summed E-state index contributed by atoms with van der Waals surface area (Å²) in [4.78, 5) is 12.8. The van der Waals surface area contributed by atoms with Crippen LogP contribution in [0, 0.1) is 0 Å². The molecule has 142 valence electrons. The fourth-order valence-corrected chi connectivity index (χ4v) is 4.08. The van der Waals surface area contributed by atoms with E-state index < -0.39 is 22.0 Å². The van der Waals surface area contributed by atoms with Gasteiger partial charge in [0.25, 0.3) is 0 Å². The highest BCUT2D eigenvalue weighted by atomic mass is 32.2. The van der Waals surface area contributed by atoms with Crippen LogP contribution in [0.25, 0.3) is 10.8 Å². The summed E-state index contributed by atoms with van der Waals surface area (Å²) in [6.07, 6.45) is 1.38. The van der Waals surface area contributed by atoms with Crippen molar-refractivity contribution in [1.29, 1.82) is 0 Å². The van der Waals surface area contributed by atoms with Gasteiger partial charge in [0.05, 0.1) is 4.90 Å². The van der Waals surface area contributed by atoms with Gasteiger partial charge in [0.1, 0.15) is 6.04 Å². The van der Waals surface area contributed by atoms with Crippen molar-refractivity contribution in [1.82, 2.24) is 4.72 Å². The largest absolute Gasteiger partial charge is 0.480 e. The average molecular weight is 379 g/mol. The van der Waals surface area contributed by atoms with E-state index in [0.717, 1.165) is 11.1 Å². The maximum atomic E-state index is 12.7. The van der Waals surface area contributed by atoms with Gasteiger partial charge < -0.3 is 15.7 Å². The summed E-state index contributed by atoms with van der Waals surface area (Å²) in [6, 6.07) is 9.89. The molecule has 1 atom stereocenters. The van der Waals surface area contributed by atoms with Gasteiger partial charge in [-0.3, -0.25) is 4.79 Å². The Kier molecular flexibility index (Phi) is 6.57. The van der Waals surface area contributed by atoms with Crippen molar-refractivity contribution in [2.24, 2.45) is 5.73 Å². The molecule has 0 aliphatic rings. The van der Waals surface area contributed by atoms with Gasteiger partial charge in [-0.15, -0.1) is 0 Å². The van der Waals surface area contributed by atoms with Crippen molar-refractivity contribution in [3.05, 3.63) is 36.4 Å². The van der Waals surface area contributed by atoms with E-state index in [1.165, 1.54) is 0 Å². The summed E-state index contributed by atoms with van der Waals surface area (Å²) in [5, 5.41) is 10.3. The van der Waals surface area contributed by atoms with Crippen molar-refractivity contribution in [3.8, 4) is 0 Å². The Bertz CT molecular complexity index is 881. The van der Waals surface area contributed by atoms with Crippen LogP contribution in [0.1, 0.15) is 19.3 Å². The van der Waals surface area contributed by atoms with Gasteiger partial charge in [0, 0.05) is 37.1 Å². The van der Waals surface area contributed by atoms with Crippen LogP contribution >= 0.6 is 0 Å². The molecule has 26 heavy (non-hydrogen) atoms. The average Bonchev–Trinajstić information content (AvgIpc) is 2.59. The van der Waals surface area contributed by atoms with Gasteiger partial charge in [0.15, 0.2) is 0 Å². The SMILES string of the molecule is CN(C)c1cccc2c(S(=O)(=O)NCCCC[C@@H](N)C(=O)O)cccc12. The number of benzene rings is 2. The highest BCUT2D eigenvalue weighted by Gasteiger charge is 2.18. The predicted octanol–water partition coefficient (Wildman–Crippen LogP) is 1.77. The normalized spacial score (nSPS) is 12.9. The molecule has 0 saturated carbocycles. The summed E-state index contributed by atoms with van der Waals surface area (Å²) in [5.74, 6) is -1.04. The van der Waals surface area contributed by atoms with E-state index in [1.54, 1.807) is 18.2 Å². The number of carboxylic acids is 1. The predicted molar refractivity (Wildman–Crippen MR) is 103 cm³/mol. The lowest BCUT2D eigenvalue weighted by Crippen LogP contribution is -2.30. The van der Waals surface area contributed by atoms with Gasteiger partial charge in [0.2, 0.25) is 10.0 Å². The van der Waals surface area contributed by atoms with E-state index in [-0.39, 0.29) is 11.4 Å². The lowest BCUT2D eigenvalue weighted by Gasteiger charge is -2.17. The molecule has 8 heteroatoms. The second-order valence-corrected chi connectivity index (χ2v) is 8.10. The number of fused-ring (bicyclic) bond motifs is 1. The Hall–Kier alpha value is -2.16. The molecule has 0 radical (unpaired) electrons. The number of nitrogens with two attached hydrogens (primary N) is 1. The Morgan fingerprint density at radius 1 is 1.15 bits per heavy atom. The number of sulfonamides is 1. The molecule has 0 aliphatic carbocycles. The first-order valence-corrected chi connectivity index (χ1v) is 9.89. The third-order valence-corrected chi connectivity index (χ3v) is 5.70. The molecule has 0 spiro atoms. The lowest BCUT2D eigenvalue weighted by atomic mass is 10.1. The molecule has 0 aromatic heterocycles. The van der Waals surface area contributed by atoms with Gasteiger partial charge in [-0.25, -0.2) is 13.1 Å². The quantitative estimate of drug-likeness (QED) is 0.572. The monoisotopic (exact) mass is 379 g/mol. The highest BCUT2D eigenvalue weighted by Crippen LogP contribution is 2.30. The molecule has 0 fully saturated rings. The van der Waals surface area contributed by atoms with Gasteiger partial charge in [-0.1, -0.05) is 30.7 Å². The topological polar surface area (TPSA) is 113 Å². The first-order chi connectivity index (χ1) is 12.2. The minimum atomic E-state index is -3.66. The fourth-order valence-electron chi connectivity index (χ4n) is 2.79. The van der Waals surface area contributed by atoms with E-state index in [1.807, 2.05) is 37.2 Å². The van der Waals surface area contributed by atoms with Crippen LogP contribution in [0.15, 0.2) is 41.3 Å². The first-order valence-electron chi connectivity index (χ1n) is 8.41. The summed E-state index contributed by atoms with van der Waals surface area (Å²) < 4.78 is 28.0. The van der Waals surface area contributed by atoms with E-state index in [2.05, 4.69) is 4.72 Å². The summed E-state index contributed by atoms with van der Waals surface area (Å²) in [7, 11) is 0.163. The number of hydrogen-bond acceptors (Lipinski definition) is 5.